The molecule has 1 fully saturated rings. The number of hydrogen-bond donors (Lipinski definition) is 1. The van der Waals surface area contributed by atoms with Crippen molar-refractivity contribution < 1.29 is 4.79 Å². The fourth-order valence-corrected chi connectivity index (χ4v) is 2.60. The van der Waals surface area contributed by atoms with E-state index >= 15 is 0 Å². The van der Waals surface area contributed by atoms with Crippen LogP contribution < -0.4 is 5.32 Å². The van der Waals surface area contributed by atoms with Crippen LogP contribution in [0.2, 0.25) is 0 Å². The molecule has 0 radical (unpaired) electrons. The molecule has 1 aromatic rings. The first-order valence-electron chi connectivity index (χ1n) is 6.82. The number of carbonyl (C=O) groups excluding carboxylic acids is 1. The van der Waals surface area contributed by atoms with Crippen LogP contribution in [0, 0.1) is 0 Å². The van der Waals surface area contributed by atoms with Crippen molar-refractivity contribution in [1.82, 2.24) is 15.1 Å². The third-order valence-electron chi connectivity index (χ3n) is 3.86. The molecule has 0 aliphatic carbocycles. The summed E-state index contributed by atoms with van der Waals surface area (Å²) in [7, 11) is 3.79. The summed E-state index contributed by atoms with van der Waals surface area (Å²) in [4.78, 5) is 16.5. The SMILES string of the molecule is CNCC1C(=O)N(C)C(C)CN1Cc1ccccc1. The Morgan fingerprint density at radius 1 is 1.32 bits per heavy atom. The van der Waals surface area contributed by atoms with Gasteiger partial charge in [0.2, 0.25) is 5.91 Å². The van der Waals surface area contributed by atoms with E-state index in [-0.39, 0.29) is 18.0 Å². The van der Waals surface area contributed by atoms with E-state index < -0.39 is 0 Å². The predicted octanol–water partition coefficient (Wildman–Crippen LogP) is 0.937. The Morgan fingerprint density at radius 3 is 2.63 bits per heavy atom. The van der Waals surface area contributed by atoms with E-state index in [1.165, 1.54) is 5.56 Å². The van der Waals surface area contributed by atoms with Crippen molar-refractivity contribution in [3.63, 3.8) is 0 Å². The van der Waals surface area contributed by atoms with Gasteiger partial charge in [0.1, 0.15) is 6.04 Å². The zero-order chi connectivity index (χ0) is 13.8. The number of hydrogen-bond acceptors (Lipinski definition) is 3. The molecule has 4 nitrogen and oxygen atoms in total. The molecule has 2 atom stereocenters. The third-order valence-corrected chi connectivity index (χ3v) is 3.86. The highest BCUT2D eigenvalue weighted by atomic mass is 16.2. The lowest BCUT2D eigenvalue weighted by molar-refractivity contribution is -0.143. The zero-order valence-corrected chi connectivity index (χ0v) is 12.0. The molecule has 1 aliphatic heterocycles. The summed E-state index contributed by atoms with van der Waals surface area (Å²) in [5.74, 6) is 0.212. The fraction of sp³-hybridized carbons (Fsp3) is 0.533. The molecular formula is C15H23N3O. The minimum Gasteiger partial charge on any atom is -0.340 e. The molecule has 2 rings (SSSR count). The van der Waals surface area contributed by atoms with Gasteiger partial charge in [-0.1, -0.05) is 30.3 Å². The Labute approximate surface area is 115 Å². The van der Waals surface area contributed by atoms with Crippen molar-refractivity contribution in [3.05, 3.63) is 35.9 Å². The smallest absolute Gasteiger partial charge is 0.241 e. The van der Waals surface area contributed by atoms with E-state index in [0.29, 0.717) is 6.54 Å². The Morgan fingerprint density at radius 2 is 2.00 bits per heavy atom. The van der Waals surface area contributed by atoms with Crippen LogP contribution in [0.3, 0.4) is 0 Å². The van der Waals surface area contributed by atoms with Crippen molar-refractivity contribution in [1.29, 1.82) is 0 Å². The van der Waals surface area contributed by atoms with Crippen molar-refractivity contribution in [2.45, 2.75) is 25.6 Å². The number of rotatable bonds is 4. The molecule has 19 heavy (non-hydrogen) atoms. The monoisotopic (exact) mass is 261 g/mol. The summed E-state index contributed by atoms with van der Waals surface area (Å²) in [6.07, 6.45) is 0. The van der Waals surface area contributed by atoms with Crippen molar-refractivity contribution in [2.24, 2.45) is 0 Å². The van der Waals surface area contributed by atoms with Gasteiger partial charge < -0.3 is 10.2 Å². The maximum Gasteiger partial charge on any atom is 0.241 e. The molecule has 1 amide bonds. The van der Waals surface area contributed by atoms with Crippen molar-refractivity contribution >= 4 is 5.91 Å². The molecule has 104 valence electrons. The van der Waals surface area contributed by atoms with Gasteiger partial charge in [0.15, 0.2) is 0 Å². The van der Waals surface area contributed by atoms with E-state index in [2.05, 4.69) is 29.3 Å². The van der Waals surface area contributed by atoms with Crippen LogP contribution in [-0.2, 0) is 11.3 Å². The normalized spacial score (nSPS) is 24.8. The Kier molecular flexibility index (Phi) is 4.56. The quantitative estimate of drug-likeness (QED) is 0.876. The van der Waals surface area contributed by atoms with E-state index in [9.17, 15) is 4.79 Å². The number of benzene rings is 1. The first-order chi connectivity index (χ1) is 9.13. The lowest BCUT2D eigenvalue weighted by atomic mass is 10.1. The highest BCUT2D eigenvalue weighted by Crippen LogP contribution is 2.17. The molecule has 1 aromatic carbocycles. The molecule has 2 unspecified atom stereocenters. The molecule has 1 heterocycles. The summed E-state index contributed by atoms with van der Waals surface area (Å²) in [6, 6.07) is 10.5. The Hall–Kier alpha value is -1.39. The van der Waals surface area contributed by atoms with Crippen molar-refractivity contribution in [2.75, 3.05) is 27.2 Å². The van der Waals surface area contributed by atoms with E-state index in [1.54, 1.807) is 0 Å². The maximum absolute atomic E-state index is 12.4. The zero-order valence-electron chi connectivity index (χ0n) is 12.0. The summed E-state index contributed by atoms with van der Waals surface area (Å²) in [5.41, 5.74) is 1.26. The van der Waals surface area contributed by atoms with Gasteiger partial charge in [-0.2, -0.15) is 0 Å². The van der Waals surface area contributed by atoms with Gasteiger partial charge in [-0.15, -0.1) is 0 Å². The van der Waals surface area contributed by atoms with Gasteiger partial charge in [0.25, 0.3) is 0 Å². The molecule has 0 spiro atoms. The van der Waals surface area contributed by atoms with Crippen LogP contribution in [0.15, 0.2) is 30.3 Å². The van der Waals surface area contributed by atoms with Gasteiger partial charge in [-0.25, -0.2) is 0 Å². The summed E-state index contributed by atoms with van der Waals surface area (Å²) in [5, 5.41) is 3.13. The number of carbonyl (C=O) groups is 1. The summed E-state index contributed by atoms with van der Waals surface area (Å²) < 4.78 is 0. The second kappa shape index (κ2) is 6.17. The molecule has 0 saturated carbocycles. The topological polar surface area (TPSA) is 35.6 Å². The summed E-state index contributed by atoms with van der Waals surface area (Å²) in [6.45, 7) is 4.55. The van der Waals surface area contributed by atoms with Gasteiger partial charge in [0.05, 0.1) is 0 Å². The average molecular weight is 261 g/mol. The molecule has 0 bridgehead atoms. The predicted molar refractivity (Wildman–Crippen MR) is 76.8 cm³/mol. The lowest BCUT2D eigenvalue weighted by Crippen LogP contribution is -2.61. The number of likely N-dealkylation sites (N-methyl/N-ethyl adjacent to an activating group) is 2. The highest BCUT2D eigenvalue weighted by molar-refractivity contribution is 5.83. The van der Waals surface area contributed by atoms with Crippen LogP contribution in [0.1, 0.15) is 12.5 Å². The Balaban J connectivity index is 2.14. The third kappa shape index (κ3) is 3.14. The number of nitrogens with one attached hydrogen (secondary N) is 1. The van der Waals surface area contributed by atoms with E-state index in [0.717, 1.165) is 13.1 Å². The molecule has 1 aliphatic rings. The van der Waals surface area contributed by atoms with Crippen LogP contribution in [0.25, 0.3) is 0 Å². The van der Waals surface area contributed by atoms with Crippen LogP contribution in [-0.4, -0.2) is 55.0 Å². The standard InChI is InChI=1S/C15H23N3O/c1-12-10-18(11-13-7-5-4-6-8-13)14(9-16-2)15(19)17(12)3/h4-8,12,14,16H,9-11H2,1-3H3. The lowest BCUT2D eigenvalue weighted by Gasteiger charge is -2.43. The second-order valence-electron chi connectivity index (χ2n) is 5.29. The second-order valence-corrected chi connectivity index (χ2v) is 5.29. The molecule has 1 saturated heterocycles. The minimum absolute atomic E-state index is 0.0635. The number of piperazine rings is 1. The molecule has 4 heteroatoms. The molecule has 1 N–H and O–H groups in total. The summed E-state index contributed by atoms with van der Waals surface area (Å²) >= 11 is 0. The first kappa shape index (κ1) is 14.0. The van der Waals surface area contributed by atoms with Crippen molar-refractivity contribution in [3.8, 4) is 0 Å². The fourth-order valence-electron chi connectivity index (χ4n) is 2.60. The highest BCUT2D eigenvalue weighted by Gasteiger charge is 2.35. The van der Waals surface area contributed by atoms with Gasteiger partial charge >= 0.3 is 0 Å². The van der Waals surface area contributed by atoms with E-state index in [4.69, 9.17) is 0 Å². The van der Waals surface area contributed by atoms with Crippen LogP contribution in [0.5, 0.6) is 0 Å². The van der Waals surface area contributed by atoms with Gasteiger partial charge in [-0.3, -0.25) is 9.69 Å². The van der Waals surface area contributed by atoms with Crippen LogP contribution >= 0.6 is 0 Å². The average Bonchev–Trinajstić information content (AvgIpc) is 2.42. The van der Waals surface area contributed by atoms with E-state index in [1.807, 2.05) is 37.2 Å². The molecule has 0 aromatic heterocycles. The van der Waals surface area contributed by atoms with Crippen LogP contribution in [0.4, 0.5) is 0 Å². The van der Waals surface area contributed by atoms with Gasteiger partial charge in [0, 0.05) is 32.7 Å². The largest absolute Gasteiger partial charge is 0.340 e. The molecular weight excluding hydrogens is 238 g/mol. The maximum atomic E-state index is 12.4. The number of nitrogens with zero attached hydrogens (tertiary/aromatic N) is 2. The minimum atomic E-state index is -0.0635. The number of amides is 1. The first-order valence-corrected chi connectivity index (χ1v) is 6.82. The van der Waals surface area contributed by atoms with Gasteiger partial charge in [-0.05, 0) is 19.5 Å². The Bertz CT molecular complexity index is 421.